The highest BCUT2D eigenvalue weighted by atomic mass is 19.1. The highest BCUT2D eigenvalue weighted by molar-refractivity contribution is 5.18. The summed E-state index contributed by atoms with van der Waals surface area (Å²) in [6.07, 6.45) is 1.66. The first-order valence-corrected chi connectivity index (χ1v) is 7.58. The van der Waals surface area contributed by atoms with Gasteiger partial charge in [-0.2, -0.15) is 0 Å². The molecule has 0 saturated carbocycles. The van der Waals surface area contributed by atoms with E-state index in [4.69, 9.17) is 9.47 Å². The van der Waals surface area contributed by atoms with Crippen molar-refractivity contribution >= 4 is 0 Å². The molecule has 0 heterocycles. The molecular formula is C17H25F2NO3. The van der Waals surface area contributed by atoms with Crippen LogP contribution in [0.25, 0.3) is 0 Å². The van der Waals surface area contributed by atoms with Crippen molar-refractivity contribution in [2.45, 2.75) is 19.1 Å². The van der Waals surface area contributed by atoms with Crippen molar-refractivity contribution in [3.8, 4) is 0 Å². The molecule has 0 aliphatic carbocycles. The summed E-state index contributed by atoms with van der Waals surface area (Å²) in [6, 6.07) is 3.52. The van der Waals surface area contributed by atoms with E-state index in [2.05, 4.69) is 6.58 Å². The topological polar surface area (TPSA) is 41.9 Å². The molecule has 1 atom stereocenters. The Hall–Kier alpha value is -1.34. The van der Waals surface area contributed by atoms with E-state index in [0.717, 1.165) is 12.5 Å². The van der Waals surface area contributed by atoms with Gasteiger partial charge in [0.1, 0.15) is 11.6 Å². The minimum Gasteiger partial charge on any atom is -0.389 e. The van der Waals surface area contributed by atoms with Crippen LogP contribution in [0.3, 0.4) is 0 Å². The summed E-state index contributed by atoms with van der Waals surface area (Å²) in [5.74, 6) is -1.19. The van der Waals surface area contributed by atoms with Gasteiger partial charge in [-0.15, -0.1) is 6.58 Å². The molecule has 0 aliphatic rings. The summed E-state index contributed by atoms with van der Waals surface area (Å²) >= 11 is 0. The molecule has 1 N–H and O–H groups in total. The van der Waals surface area contributed by atoms with E-state index in [1.54, 1.807) is 13.2 Å². The Morgan fingerprint density at radius 3 is 2.83 bits per heavy atom. The van der Waals surface area contributed by atoms with Gasteiger partial charge in [-0.25, -0.2) is 8.78 Å². The maximum atomic E-state index is 13.8. The molecule has 1 rings (SSSR count). The lowest BCUT2D eigenvalue weighted by atomic mass is 10.1. The van der Waals surface area contributed by atoms with Gasteiger partial charge in [-0.1, -0.05) is 12.1 Å². The second kappa shape index (κ2) is 11.2. The minimum absolute atomic E-state index is 0.179. The van der Waals surface area contributed by atoms with Crippen LogP contribution in [0.1, 0.15) is 12.0 Å². The smallest absolute Gasteiger partial charge is 0.130 e. The van der Waals surface area contributed by atoms with Crippen molar-refractivity contribution in [2.75, 3.05) is 40.0 Å². The number of hydrogen-bond donors (Lipinski definition) is 1. The largest absolute Gasteiger partial charge is 0.389 e. The van der Waals surface area contributed by atoms with Gasteiger partial charge in [0.2, 0.25) is 0 Å². The predicted octanol–water partition coefficient (Wildman–Crippen LogP) is 2.37. The Morgan fingerprint density at radius 2 is 2.17 bits per heavy atom. The molecule has 1 aromatic rings. The molecule has 0 aromatic heterocycles. The van der Waals surface area contributed by atoms with Gasteiger partial charge >= 0.3 is 0 Å². The molecule has 0 fully saturated rings. The van der Waals surface area contributed by atoms with Gasteiger partial charge in [0.15, 0.2) is 0 Å². The maximum absolute atomic E-state index is 13.8. The molecule has 23 heavy (non-hydrogen) atoms. The number of ether oxygens (including phenoxy) is 2. The zero-order valence-electron chi connectivity index (χ0n) is 13.5. The van der Waals surface area contributed by atoms with Crippen LogP contribution in [0, 0.1) is 11.6 Å². The highest BCUT2D eigenvalue weighted by Gasteiger charge is 2.14. The zero-order valence-corrected chi connectivity index (χ0v) is 13.5. The van der Waals surface area contributed by atoms with Crippen LogP contribution in [0.5, 0.6) is 0 Å². The summed E-state index contributed by atoms with van der Waals surface area (Å²) in [6.45, 7) is 5.91. The normalized spacial score (nSPS) is 12.6. The molecule has 0 saturated heterocycles. The van der Waals surface area contributed by atoms with Crippen molar-refractivity contribution in [2.24, 2.45) is 0 Å². The average Bonchev–Trinajstić information content (AvgIpc) is 2.50. The molecule has 0 bridgehead atoms. The summed E-state index contributed by atoms with van der Waals surface area (Å²) in [5.41, 5.74) is 0.392. The highest BCUT2D eigenvalue weighted by Crippen LogP contribution is 2.13. The van der Waals surface area contributed by atoms with Crippen LogP contribution < -0.4 is 0 Å². The number of rotatable bonds is 12. The van der Waals surface area contributed by atoms with Crippen LogP contribution in [-0.4, -0.2) is 56.1 Å². The average molecular weight is 329 g/mol. The molecule has 1 unspecified atom stereocenters. The first kappa shape index (κ1) is 19.7. The third-order valence-electron chi connectivity index (χ3n) is 3.25. The van der Waals surface area contributed by atoms with Crippen molar-refractivity contribution in [1.29, 1.82) is 0 Å². The Labute approximate surface area is 136 Å². The molecule has 6 heteroatoms. The lowest BCUT2D eigenvalue weighted by molar-refractivity contribution is 0.0227. The quantitative estimate of drug-likeness (QED) is 0.472. The minimum atomic E-state index is -0.694. The SMILES string of the molecule is C=CCOCC(O)CN(CCCOC)Cc1ccc(F)cc1F. The fraction of sp³-hybridized carbons (Fsp3) is 0.529. The Kier molecular flexibility index (Phi) is 9.63. The molecular weight excluding hydrogens is 304 g/mol. The van der Waals surface area contributed by atoms with Crippen molar-refractivity contribution < 1.29 is 23.4 Å². The van der Waals surface area contributed by atoms with Crippen LogP contribution in [0.15, 0.2) is 30.9 Å². The molecule has 0 spiro atoms. The van der Waals surface area contributed by atoms with Crippen molar-refractivity contribution in [3.63, 3.8) is 0 Å². The molecule has 0 radical (unpaired) electrons. The summed E-state index contributed by atoms with van der Waals surface area (Å²) in [7, 11) is 1.61. The van der Waals surface area contributed by atoms with E-state index in [9.17, 15) is 13.9 Å². The number of aliphatic hydroxyl groups excluding tert-OH is 1. The molecule has 0 aliphatic heterocycles. The fourth-order valence-corrected chi connectivity index (χ4v) is 2.20. The number of hydrogen-bond acceptors (Lipinski definition) is 4. The third-order valence-corrected chi connectivity index (χ3v) is 3.25. The van der Waals surface area contributed by atoms with Crippen LogP contribution in [-0.2, 0) is 16.0 Å². The van der Waals surface area contributed by atoms with E-state index in [1.165, 1.54) is 12.1 Å². The molecule has 130 valence electrons. The van der Waals surface area contributed by atoms with Gasteiger partial charge in [-0.3, -0.25) is 4.90 Å². The van der Waals surface area contributed by atoms with E-state index in [0.29, 0.717) is 31.9 Å². The Morgan fingerprint density at radius 1 is 1.39 bits per heavy atom. The molecule has 1 aromatic carbocycles. The fourth-order valence-electron chi connectivity index (χ4n) is 2.20. The summed E-state index contributed by atoms with van der Waals surface area (Å²) < 4.78 is 37.0. The summed E-state index contributed by atoms with van der Waals surface area (Å²) in [5, 5.41) is 10.0. The zero-order chi connectivity index (χ0) is 17.1. The monoisotopic (exact) mass is 329 g/mol. The lowest BCUT2D eigenvalue weighted by Gasteiger charge is -2.25. The molecule has 0 amide bonds. The number of aliphatic hydroxyl groups is 1. The van der Waals surface area contributed by atoms with Gasteiger partial charge in [-0.05, 0) is 12.5 Å². The van der Waals surface area contributed by atoms with Gasteiger partial charge in [0.25, 0.3) is 0 Å². The number of nitrogens with zero attached hydrogens (tertiary/aromatic N) is 1. The number of methoxy groups -OCH3 is 1. The predicted molar refractivity (Wildman–Crippen MR) is 85.2 cm³/mol. The van der Waals surface area contributed by atoms with Crippen LogP contribution in [0.4, 0.5) is 8.78 Å². The van der Waals surface area contributed by atoms with Gasteiger partial charge in [0, 0.05) is 45.0 Å². The van der Waals surface area contributed by atoms with E-state index in [-0.39, 0.29) is 13.2 Å². The Balaban J connectivity index is 2.61. The van der Waals surface area contributed by atoms with Crippen LogP contribution in [0.2, 0.25) is 0 Å². The van der Waals surface area contributed by atoms with Gasteiger partial charge in [0.05, 0.1) is 19.3 Å². The summed E-state index contributed by atoms with van der Waals surface area (Å²) in [4.78, 5) is 1.90. The van der Waals surface area contributed by atoms with Gasteiger partial charge < -0.3 is 14.6 Å². The van der Waals surface area contributed by atoms with Crippen LogP contribution >= 0.6 is 0 Å². The van der Waals surface area contributed by atoms with E-state index in [1.807, 2.05) is 4.90 Å². The third kappa shape index (κ3) is 8.18. The first-order chi connectivity index (χ1) is 11.1. The number of halogens is 2. The molecule has 4 nitrogen and oxygen atoms in total. The van der Waals surface area contributed by atoms with E-state index < -0.39 is 17.7 Å². The lowest BCUT2D eigenvalue weighted by Crippen LogP contribution is -2.36. The van der Waals surface area contributed by atoms with Crippen molar-refractivity contribution in [1.82, 2.24) is 4.90 Å². The maximum Gasteiger partial charge on any atom is 0.130 e. The number of benzene rings is 1. The first-order valence-electron chi connectivity index (χ1n) is 7.58. The standard InChI is InChI=1S/C17H25F2NO3/c1-3-8-23-13-16(21)12-20(7-4-9-22-2)11-14-5-6-15(18)10-17(14)19/h3,5-6,10,16,21H,1,4,7-9,11-13H2,2H3. The van der Waals surface area contributed by atoms with E-state index >= 15 is 0 Å². The van der Waals surface area contributed by atoms with Crippen molar-refractivity contribution in [3.05, 3.63) is 48.1 Å². The second-order valence-electron chi connectivity index (χ2n) is 5.30. The second-order valence-corrected chi connectivity index (χ2v) is 5.30. The Bertz CT molecular complexity index is 471.